The number of benzene rings is 1. The standard InChI is InChI=1S/C18H26N6O2S.HI/c1-4-20-17(22-10-14-12-27-18(23-14)24(2)3)21-9-13-6-5-7-15(8-13)26-11-16(19)25;/h5-8,12H,4,9-11H2,1-3H3,(H2,19,25)(H2,20,21,22);1H. The number of primary amides is 1. The van der Waals surface area contributed by atoms with Crippen molar-refractivity contribution in [1.29, 1.82) is 0 Å². The lowest BCUT2D eigenvalue weighted by atomic mass is 10.2. The van der Waals surface area contributed by atoms with Gasteiger partial charge in [0.1, 0.15) is 5.75 Å². The molecule has 2 rings (SSSR count). The van der Waals surface area contributed by atoms with E-state index in [1.54, 1.807) is 17.4 Å². The lowest BCUT2D eigenvalue weighted by Gasteiger charge is -2.11. The number of halogens is 1. The number of carbonyl (C=O) groups excluding carboxylic acids is 1. The van der Waals surface area contributed by atoms with Gasteiger partial charge in [-0.2, -0.15) is 0 Å². The Morgan fingerprint density at radius 1 is 1.36 bits per heavy atom. The van der Waals surface area contributed by atoms with Gasteiger partial charge in [-0.15, -0.1) is 35.3 Å². The van der Waals surface area contributed by atoms with E-state index >= 15 is 0 Å². The number of nitrogens with two attached hydrogens (primary N) is 1. The van der Waals surface area contributed by atoms with Gasteiger partial charge in [-0.05, 0) is 24.6 Å². The van der Waals surface area contributed by atoms with Crippen LogP contribution in [0.1, 0.15) is 18.2 Å². The van der Waals surface area contributed by atoms with Crippen LogP contribution in [0.15, 0.2) is 34.6 Å². The van der Waals surface area contributed by atoms with Crippen molar-refractivity contribution in [1.82, 2.24) is 15.6 Å². The molecule has 2 aromatic rings. The third-order valence-corrected chi connectivity index (χ3v) is 4.46. The van der Waals surface area contributed by atoms with Crippen LogP contribution in [0, 0.1) is 0 Å². The van der Waals surface area contributed by atoms with Gasteiger partial charge >= 0.3 is 0 Å². The number of nitrogens with one attached hydrogen (secondary N) is 2. The second-order valence-electron chi connectivity index (χ2n) is 5.97. The number of hydrogen-bond acceptors (Lipinski definition) is 6. The molecular formula is C18H27IN6O2S. The van der Waals surface area contributed by atoms with Gasteiger partial charge in [0.2, 0.25) is 0 Å². The summed E-state index contributed by atoms with van der Waals surface area (Å²) in [6, 6.07) is 7.44. The highest BCUT2D eigenvalue weighted by Gasteiger charge is 2.05. The normalized spacial score (nSPS) is 10.8. The molecule has 0 fully saturated rings. The van der Waals surface area contributed by atoms with Gasteiger partial charge in [-0.25, -0.2) is 9.98 Å². The first-order valence-corrected chi connectivity index (χ1v) is 9.50. The van der Waals surface area contributed by atoms with Crippen LogP contribution < -0.4 is 26.0 Å². The molecule has 0 spiro atoms. The van der Waals surface area contributed by atoms with E-state index in [-0.39, 0.29) is 30.6 Å². The smallest absolute Gasteiger partial charge is 0.255 e. The molecule has 1 heterocycles. The van der Waals surface area contributed by atoms with Crippen LogP contribution in [0.4, 0.5) is 5.13 Å². The van der Waals surface area contributed by atoms with Gasteiger partial charge in [0.05, 0.1) is 18.8 Å². The van der Waals surface area contributed by atoms with Crippen LogP contribution in [0.3, 0.4) is 0 Å². The highest BCUT2D eigenvalue weighted by atomic mass is 127. The first-order chi connectivity index (χ1) is 13.0. The zero-order valence-corrected chi connectivity index (χ0v) is 19.4. The summed E-state index contributed by atoms with van der Waals surface area (Å²) in [6.45, 7) is 3.70. The second-order valence-corrected chi connectivity index (χ2v) is 6.80. The molecule has 10 heteroatoms. The Balaban J connectivity index is 0.00000392. The molecule has 1 aromatic carbocycles. The zero-order valence-electron chi connectivity index (χ0n) is 16.3. The van der Waals surface area contributed by atoms with Gasteiger partial charge in [-0.1, -0.05) is 12.1 Å². The Morgan fingerprint density at radius 3 is 2.79 bits per heavy atom. The lowest BCUT2D eigenvalue weighted by Crippen LogP contribution is -2.36. The predicted molar refractivity (Wildman–Crippen MR) is 125 cm³/mol. The number of thiazole rings is 1. The first-order valence-electron chi connectivity index (χ1n) is 8.62. The van der Waals surface area contributed by atoms with E-state index in [9.17, 15) is 4.79 Å². The fraction of sp³-hybridized carbons (Fsp3) is 0.389. The molecule has 1 amide bonds. The van der Waals surface area contributed by atoms with Crippen molar-refractivity contribution in [3.05, 3.63) is 40.9 Å². The number of aromatic nitrogens is 1. The number of guanidine groups is 1. The minimum Gasteiger partial charge on any atom is -0.484 e. The Labute approximate surface area is 186 Å². The SMILES string of the molecule is CCNC(=NCc1cccc(OCC(N)=O)c1)NCc1csc(N(C)C)n1.I. The molecule has 0 unspecified atom stereocenters. The molecule has 0 aliphatic rings. The van der Waals surface area contributed by atoms with Crippen molar-refractivity contribution >= 4 is 52.3 Å². The second kappa shape index (κ2) is 12.4. The average Bonchev–Trinajstić information content (AvgIpc) is 3.12. The molecule has 0 radical (unpaired) electrons. The van der Waals surface area contributed by atoms with E-state index < -0.39 is 5.91 Å². The first kappa shape index (κ1) is 24.0. The van der Waals surface area contributed by atoms with E-state index in [1.165, 1.54) is 0 Å². The van der Waals surface area contributed by atoms with E-state index in [0.29, 0.717) is 24.8 Å². The molecule has 28 heavy (non-hydrogen) atoms. The minimum atomic E-state index is -0.503. The molecule has 4 N–H and O–H groups in total. The Morgan fingerprint density at radius 2 is 2.14 bits per heavy atom. The molecule has 154 valence electrons. The van der Waals surface area contributed by atoms with E-state index in [1.807, 2.05) is 49.5 Å². The Hall–Kier alpha value is -2.08. The monoisotopic (exact) mass is 518 g/mol. The molecule has 0 aliphatic heterocycles. The van der Waals surface area contributed by atoms with Crippen LogP contribution in [-0.2, 0) is 17.9 Å². The number of aliphatic imine (C=N–C) groups is 1. The Kier molecular flexibility index (Phi) is 10.6. The number of hydrogen-bond donors (Lipinski definition) is 3. The summed E-state index contributed by atoms with van der Waals surface area (Å²) >= 11 is 1.61. The summed E-state index contributed by atoms with van der Waals surface area (Å²) in [5.74, 6) is 0.801. The van der Waals surface area contributed by atoms with Crippen LogP contribution in [0.5, 0.6) is 5.75 Å². The maximum Gasteiger partial charge on any atom is 0.255 e. The third kappa shape index (κ3) is 8.30. The van der Waals surface area contributed by atoms with Crippen molar-refractivity contribution in [2.75, 3.05) is 32.1 Å². The number of anilines is 1. The van der Waals surface area contributed by atoms with Gasteiger partial charge in [0.25, 0.3) is 5.91 Å². The van der Waals surface area contributed by atoms with Crippen LogP contribution in [-0.4, -0.2) is 44.1 Å². The van der Waals surface area contributed by atoms with Crippen molar-refractivity contribution in [3.63, 3.8) is 0 Å². The maximum atomic E-state index is 10.8. The summed E-state index contributed by atoms with van der Waals surface area (Å²) in [7, 11) is 3.95. The molecule has 0 saturated heterocycles. The predicted octanol–water partition coefficient (Wildman–Crippen LogP) is 1.95. The molecular weight excluding hydrogens is 491 g/mol. The Bertz CT molecular complexity index is 781. The highest BCUT2D eigenvalue weighted by molar-refractivity contribution is 14.0. The van der Waals surface area contributed by atoms with Crippen molar-refractivity contribution in [3.8, 4) is 5.75 Å². The number of amides is 1. The molecule has 0 aliphatic carbocycles. The number of nitrogens with zero attached hydrogens (tertiary/aromatic N) is 3. The van der Waals surface area contributed by atoms with Crippen LogP contribution in [0.2, 0.25) is 0 Å². The quantitative estimate of drug-likeness (QED) is 0.266. The molecule has 0 bridgehead atoms. The van der Waals surface area contributed by atoms with Crippen LogP contribution >= 0.6 is 35.3 Å². The van der Waals surface area contributed by atoms with Gasteiger partial charge in [0, 0.05) is 26.0 Å². The van der Waals surface area contributed by atoms with Crippen LogP contribution in [0.25, 0.3) is 0 Å². The molecule has 0 saturated carbocycles. The number of rotatable bonds is 9. The van der Waals surface area contributed by atoms with Gasteiger partial charge in [-0.3, -0.25) is 4.79 Å². The molecule has 8 nitrogen and oxygen atoms in total. The summed E-state index contributed by atoms with van der Waals surface area (Å²) in [5, 5.41) is 9.51. The number of ether oxygens (including phenoxy) is 1. The van der Waals surface area contributed by atoms with Crippen molar-refractivity contribution in [2.24, 2.45) is 10.7 Å². The van der Waals surface area contributed by atoms with Gasteiger partial charge < -0.3 is 26.0 Å². The summed E-state index contributed by atoms with van der Waals surface area (Å²) in [5.41, 5.74) is 7.04. The number of carbonyl (C=O) groups is 1. The van der Waals surface area contributed by atoms with Crippen molar-refractivity contribution in [2.45, 2.75) is 20.0 Å². The summed E-state index contributed by atoms with van der Waals surface area (Å²) < 4.78 is 5.32. The largest absolute Gasteiger partial charge is 0.484 e. The summed E-state index contributed by atoms with van der Waals surface area (Å²) in [4.78, 5) is 22.0. The third-order valence-electron chi connectivity index (χ3n) is 3.40. The van der Waals surface area contributed by atoms with E-state index in [0.717, 1.165) is 22.9 Å². The highest BCUT2D eigenvalue weighted by Crippen LogP contribution is 2.17. The van der Waals surface area contributed by atoms with Gasteiger partial charge in [0.15, 0.2) is 17.7 Å². The maximum absolute atomic E-state index is 10.8. The molecule has 1 aromatic heterocycles. The lowest BCUT2D eigenvalue weighted by molar-refractivity contribution is -0.119. The summed E-state index contributed by atoms with van der Waals surface area (Å²) in [6.07, 6.45) is 0. The fourth-order valence-electron chi connectivity index (χ4n) is 2.16. The fourth-order valence-corrected chi connectivity index (χ4v) is 2.92. The topological polar surface area (TPSA) is 105 Å². The van der Waals surface area contributed by atoms with Crippen molar-refractivity contribution < 1.29 is 9.53 Å². The minimum absolute atomic E-state index is 0. The average molecular weight is 518 g/mol. The van der Waals surface area contributed by atoms with E-state index in [2.05, 4.69) is 20.6 Å². The molecule has 0 atom stereocenters. The van der Waals surface area contributed by atoms with E-state index in [4.69, 9.17) is 10.5 Å². The zero-order chi connectivity index (χ0) is 19.6.